The summed E-state index contributed by atoms with van der Waals surface area (Å²) in [6.45, 7) is 0. The number of ether oxygens (including phenoxy) is 3. The van der Waals surface area contributed by atoms with E-state index in [0.717, 1.165) is 15.6 Å². The molecule has 0 bridgehead atoms. The Hall–Kier alpha value is -2.54. The molecule has 1 N–H and O–H groups in total. The largest absolute Gasteiger partial charge is 0.497 e. The average Bonchev–Trinajstić information content (AvgIpc) is 2.67. The van der Waals surface area contributed by atoms with Crippen LogP contribution in [0.5, 0.6) is 11.5 Å². The van der Waals surface area contributed by atoms with Crippen LogP contribution in [0.4, 0.5) is 0 Å². The smallest absolute Gasteiger partial charge is 0.307 e. The van der Waals surface area contributed by atoms with Gasteiger partial charge in [-0.25, -0.2) is 0 Å². The molecule has 2 rings (SSSR count). The first-order valence-corrected chi connectivity index (χ1v) is 9.08. The third-order valence-electron chi connectivity index (χ3n) is 4.03. The van der Waals surface area contributed by atoms with Crippen LogP contribution in [0.25, 0.3) is 0 Å². The van der Waals surface area contributed by atoms with E-state index in [1.165, 1.54) is 14.2 Å². The van der Waals surface area contributed by atoms with E-state index >= 15 is 0 Å². The van der Waals surface area contributed by atoms with Crippen LogP contribution in [0.2, 0.25) is 0 Å². The predicted molar refractivity (Wildman–Crippen MR) is 105 cm³/mol. The lowest BCUT2D eigenvalue weighted by atomic mass is 10.0. The zero-order valence-corrected chi connectivity index (χ0v) is 17.0. The van der Waals surface area contributed by atoms with E-state index in [2.05, 4.69) is 21.2 Å². The van der Waals surface area contributed by atoms with Gasteiger partial charge in [-0.3, -0.25) is 9.59 Å². The first-order valence-electron chi connectivity index (χ1n) is 8.29. The van der Waals surface area contributed by atoms with Crippen molar-refractivity contribution in [1.82, 2.24) is 5.32 Å². The van der Waals surface area contributed by atoms with Crippen molar-refractivity contribution in [3.8, 4) is 11.5 Å². The molecule has 0 aliphatic heterocycles. The summed E-state index contributed by atoms with van der Waals surface area (Å²) in [5, 5.41) is 2.91. The molecule has 27 heavy (non-hydrogen) atoms. The van der Waals surface area contributed by atoms with E-state index in [4.69, 9.17) is 14.2 Å². The van der Waals surface area contributed by atoms with Crippen molar-refractivity contribution in [1.29, 1.82) is 0 Å². The summed E-state index contributed by atoms with van der Waals surface area (Å²) in [7, 11) is 4.43. The highest BCUT2D eigenvalue weighted by molar-refractivity contribution is 9.10. The number of amides is 1. The molecule has 0 saturated carbocycles. The van der Waals surface area contributed by atoms with Gasteiger partial charge in [0.15, 0.2) is 0 Å². The fourth-order valence-corrected chi connectivity index (χ4v) is 3.06. The molecule has 0 radical (unpaired) electrons. The molecule has 0 spiro atoms. The molecule has 144 valence electrons. The summed E-state index contributed by atoms with van der Waals surface area (Å²) in [5.41, 5.74) is 1.53. The van der Waals surface area contributed by atoms with E-state index in [1.54, 1.807) is 25.3 Å². The van der Waals surface area contributed by atoms with Gasteiger partial charge in [-0.05, 0) is 23.8 Å². The highest BCUT2D eigenvalue weighted by Gasteiger charge is 2.20. The number of nitrogens with one attached hydrogen (secondary N) is 1. The predicted octanol–water partition coefficient (Wildman–Crippen LogP) is 3.43. The Morgan fingerprint density at radius 3 is 2.48 bits per heavy atom. The fraction of sp³-hybridized carbons (Fsp3) is 0.300. The molecule has 2 aromatic rings. The highest BCUT2D eigenvalue weighted by Crippen LogP contribution is 2.26. The molecule has 0 aromatic heterocycles. The molecule has 1 amide bonds. The summed E-state index contributed by atoms with van der Waals surface area (Å²) in [6, 6.07) is 12.2. The molecule has 6 nitrogen and oxygen atoms in total. The van der Waals surface area contributed by atoms with Crippen LogP contribution in [0.3, 0.4) is 0 Å². The summed E-state index contributed by atoms with van der Waals surface area (Å²) < 4.78 is 16.1. The van der Waals surface area contributed by atoms with Gasteiger partial charge in [0.25, 0.3) is 0 Å². The first-order chi connectivity index (χ1) is 13.0. The SMILES string of the molecule is COC(=O)C[C@H](NC(=O)Cc1ccc(OC)cc1OC)c1cccc(Br)c1. The van der Waals surface area contributed by atoms with Crippen LogP contribution >= 0.6 is 15.9 Å². The third kappa shape index (κ3) is 5.99. The summed E-state index contributed by atoms with van der Waals surface area (Å²) in [6.07, 6.45) is 0.150. The Kier molecular flexibility index (Phi) is 7.67. The van der Waals surface area contributed by atoms with Crippen LogP contribution in [0.15, 0.2) is 46.9 Å². The second-order valence-electron chi connectivity index (χ2n) is 5.81. The number of benzene rings is 2. The first kappa shape index (κ1) is 20.8. The lowest BCUT2D eigenvalue weighted by molar-refractivity contribution is -0.141. The molecule has 0 unspecified atom stereocenters. The zero-order chi connectivity index (χ0) is 19.8. The number of hydrogen-bond acceptors (Lipinski definition) is 5. The van der Waals surface area contributed by atoms with Gasteiger partial charge in [-0.1, -0.05) is 34.1 Å². The number of carbonyl (C=O) groups excluding carboxylic acids is 2. The summed E-state index contributed by atoms with van der Waals surface area (Å²) >= 11 is 3.41. The van der Waals surface area contributed by atoms with Gasteiger partial charge in [0.2, 0.25) is 5.91 Å². The summed E-state index contributed by atoms with van der Waals surface area (Å²) in [4.78, 5) is 24.4. The van der Waals surface area contributed by atoms with Crippen molar-refractivity contribution in [2.75, 3.05) is 21.3 Å². The summed E-state index contributed by atoms with van der Waals surface area (Å²) in [5.74, 6) is 0.583. The highest BCUT2D eigenvalue weighted by atomic mass is 79.9. The molecular weight excluding hydrogens is 414 g/mol. The Morgan fingerprint density at radius 2 is 1.85 bits per heavy atom. The topological polar surface area (TPSA) is 73.9 Å². The minimum absolute atomic E-state index is 0.0401. The molecule has 0 heterocycles. The third-order valence-corrected chi connectivity index (χ3v) is 4.52. The number of rotatable bonds is 8. The minimum atomic E-state index is -0.494. The maximum atomic E-state index is 12.6. The van der Waals surface area contributed by atoms with Crippen LogP contribution in [-0.2, 0) is 20.7 Å². The number of hydrogen-bond donors (Lipinski definition) is 1. The molecular formula is C20H22BrNO5. The van der Waals surface area contributed by atoms with E-state index in [9.17, 15) is 9.59 Å². The number of methoxy groups -OCH3 is 3. The van der Waals surface area contributed by atoms with Crippen molar-refractivity contribution in [2.45, 2.75) is 18.9 Å². The van der Waals surface area contributed by atoms with Crippen molar-refractivity contribution >= 4 is 27.8 Å². The number of carbonyl (C=O) groups is 2. The fourth-order valence-electron chi connectivity index (χ4n) is 2.64. The lowest BCUT2D eigenvalue weighted by Gasteiger charge is -2.19. The van der Waals surface area contributed by atoms with Gasteiger partial charge < -0.3 is 19.5 Å². The molecule has 1 atom stereocenters. The Labute approximate surface area is 166 Å². The zero-order valence-electron chi connectivity index (χ0n) is 15.5. The second-order valence-corrected chi connectivity index (χ2v) is 6.73. The maximum Gasteiger partial charge on any atom is 0.307 e. The van der Waals surface area contributed by atoms with E-state index in [-0.39, 0.29) is 18.7 Å². The molecule has 0 aliphatic rings. The van der Waals surface area contributed by atoms with E-state index < -0.39 is 12.0 Å². The molecule has 2 aromatic carbocycles. The Bertz CT molecular complexity index is 809. The quantitative estimate of drug-likeness (QED) is 0.642. The van der Waals surface area contributed by atoms with Gasteiger partial charge in [0, 0.05) is 16.1 Å². The molecule has 0 fully saturated rings. The van der Waals surface area contributed by atoms with Crippen LogP contribution in [-0.4, -0.2) is 33.2 Å². The Balaban J connectivity index is 2.17. The monoisotopic (exact) mass is 435 g/mol. The molecule has 0 saturated heterocycles. The van der Waals surface area contributed by atoms with Gasteiger partial charge in [0.05, 0.1) is 40.2 Å². The average molecular weight is 436 g/mol. The van der Waals surface area contributed by atoms with Crippen LogP contribution in [0.1, 0.15) is 23.6 Å². The minimum Gasteiger partial charge on any atom is -0.497 e. The van der Waals surface area contributed by atoms with Crippen LogP contribution < -0.4 is 14.8 Å². The molecule has 0 aliphatic carbocycles. The van der Waals surface area contributed by atoms with Gasteiger partial charge in [-0.15, -0.1) is 0 Å². The maximum absolute atomic E-state index is 12.6. The van der Waals surface area contributed by atoms with Crippen molar-refractivity contribution < 1.29 is 23.8 Å². The van der Waals surface area contributed by atoms with E-state index in [0.29, 0.717) is 11.5 Å². The number of halogens is 1. The van der Waals surface area contributed by atoms with Crippen LogP contribution in [0, 0.1) is 0 Å². The lowest BCUT2D eigenvalue weighted by Crippen LogP contribution is -2.31. The van der Waals surface area contributed by atoms with Gasteiger partial charge in [0.1, 0.15) is 11.5 Å². The van der Waals surface area contributed by atoms with Gasteiger partial charge >= 0.3 is 5.97 Å². The molecule has 7 heteroatoms. The Morgan fingerprint density at radius 1 is 1.07 bits per heavy atom. The number of esters is 1. The van der Waals surface area contributed by atoms with Crippen molar-refractivity contribution in [2.24, 2.45) is 0 Å². The van der Waals surface area contributed by atoms with Gasteiger partial charge in [-0.2, -0.15) is 0 Å². The van der Waals surface area contributed by atoms with Crippen molar-refractivity contribution in [3.63, 3.8) is 0 Å². The normalized spacial score (nSPS) is 11.4. The van der Waals surface area contributed by atoms with E-state index in [1.807, 2.05) is 24.3 Å². The standard InChI is InChI=1S/C20H22BrNO5/c1-25-16-8-7-14(18(11-16)26-2)10-19(23)22-17(12-20(24)27-3)13-5-4-6-15(21)9-13/h4-9,11,17H,10,12H2,1-3H3,(H,22,23)/t17-/m0/s1. The second kappa shape index (κ2) is 9.97. The van der Waals surface area contributed by atoms with Crippen molar-refractivity contribution in [3.05, 3.63) is 58.1 Å².